The van der Waals surface area contributed by atoms with Crippen molar-refractivity contribution in [3.63, 3.8) is 0 Å². The summed E-state index contributed by atoms with van der Waals surface area (Å²) in [6.45, 7) is 1.32. The first-order chi connectivity index (χ1) is 15.1. The minimum atomic E-state index is -0.501. The van der Waals surface area contributed by atoms with Gasteiger partial charge in [-0.2, -0.15) is 0 Å². The molecule has 2 aromatic rings. The Morgan fingerprint density at radius 2 is 1.62 bits per heavy atom. The fourth-order valence-corrected chi connectivity index (χ4v) is 5.90. The van der Waals surface area contributed by atoms with Crippen molar-refractivity contribution in [3.8, 4) is 5.75 Å². The Morgan fingerprint density at radius 3 is 2.31 bits per heavy atom. The molecule has 1 amide bonds. The number of benzene rings is 1. The lowest BCUT2D eigenvalue weighted by Gasteiger charge is -2.55. The average molecular weight is 458 g/mol. The van der Waals surface area contributed by atoms with Crippen molar-refractivity contribution in [1.82, 2.24) is 9.58 Å². The molecule has 6 nitrogen and oxygen atoms in total. The van der Waals surface area contributed by atoms with Crippen LogP contribution >= 0.6 is 12.4 Å². The first-order valence-electron chi connectivity index (χ1n) is 11.7. The van der Waals surface area contributed by atoms with Crippen LogP contribution in [0.25, 0.3) is 0 Å². The van der Waals surface area contributed by atoms with Crippen LogP contribution in [0.3, 0.4) is 0 Å². The van der Waals surface area contributed by atoms with Crippen molar-refractivity contribution < 1.29 is 9.90 Å². The Labute approximate surface area is 195 Å². The number of fused-ring (bicyclic) bond motifs is 1. The lowest BCUT2D eigenvalue weighted by atomic mass is 9.87. The van der Waals surface area contributed by atoms with Crippen LogP contribution in [-0.2, 0) is 6.54 Å². The van der Waals surface area contributed by atoms with Crippen molar-refractivity contribution in [2.75, 3.05) is 11.6 Å². The van der Waals surface area contributed by atoms with Gasteiger partial charge in [0.15, 0.2) is 11.4 Å². The normalized spacial score (nSPS) is 20.3. The maximum absolute atomic E-state index is 13.8. The molecule has 2 saturated carbocycles. The summed E-state index contributed by atoms with van der Waals surface area (Å²) in [4.78, 5) is 28.1. The quantitative estimate of drug-likeness (QED) is 0.738. The molecule has 2 fully saturated rings. The maximum atomic E-state index is 13.8. The average Bonchev–Trinajstić information content (AvgIpc) is 3.28. The standard InChI is InChI=1S/C25H31N3O3.ClH/c29-21-13-16-27-22(23(21)30)24(31)26(17-19-9-3-1-4-10-19)25(14-7-8-15-25)28(27)18-20-11-5-2-6-12-20;/h2,5-6,11-13,16,19,30H,1,3-4,7-10,14-15,17-18H2;1H. The number of hydrogen-bond donors (Lipinski definition) is 1. The predicted molar refractivity (Wildman–Crippen MR) is 127 cm³/mol. The molecule has 0 radical (unpaired) electrons. The predicted octanol–water partition coefficient (Wildman–Crippen LogP) is 4.42. The van der Waals surface area contributed by atoms with Crippen molar-refractivity contribution in [3.05, 3.63) is 64.1 Å². The second kappa shape index (κ2) is 9.18. The summed E-state index contributed by atoms with van der Waals surface area (Å²) in [6.07, 6.45) is 11.6. The first-order valence-corrected chi connectivity index (χ1v) is 11.7. The van der Waals surface area contributed by atoms with Gasteiger partial charge in [-0.1, -0.05) is 49.6 Å². The van der Waals surface area contributed by atoms with E-state index in [1.807, 2.05) is 23.1 Å². The molecule has 172 valence electrons. The molecule has 1 aromatic heterocycles. The molecule has 2 aliphatic carbocycles. The minimum Gasteiger partial charge on any atom is -0.502 e. The van der Waals surface area contributed by atoms with E-state index in [9.17, 15) is 14.7 Å². The summed E-state index contributed by atoms with van der Waals surface area (Å²) in [6, 6.07) is 11.6. The first kappa shape index (κ1) is 22.7. The molecular weight excluding hydrogens is 426 g/mol. The SMILES string of the molecule is Cl.O=C1c2c(O)c(=O)ccn2N(Cc2ccccc2)C2(CCCC2)N1CC1CCCCC1. The van der Waals surface area contributed by atoms with E-state index in [0.717, 1.165) is 44.1 Å². The number of amides is 1. The van der Waals surface area contributed by atoms with E-state index >= 15 is 0 Å². The van der Waals surface area contributed by atoms with Crippen LogP contribution in [0.5, 0.6) is 5.75 Å². The van der Waals surface area contributed by atoms with E-state index in [0.29, 0.717) is 19.0 Å². The van der Waals surface area contributed by atoms with Crippen LogP contribution in [0, 0.1) is 5.92 Å². The fraction of sp³-hybridized carbons (Fsp3) is 0.520. The Hall–Kier alpha value is -2.47. The van der Waals surface area contributed by atoms with Crippen LogP contribution in [0.15, 0.2) is 47.4 Å². The lowest BCUT2D eigenvalue weighted by molar-refractivity contribution is 0.0169. The second-order valence-electron chi connectivity index (χ2n) is 9.37. The topological polar surface area (TPSA) is 65.8 Å². The Bertz CT molecular complexity index is 1010. The van der Waals surface area contributed by atoms with E-state index in [4.69, 9.17) is 0 Å². The van der Waals surface area contributed by atoms with Crippen LogP contribution in [0.2, 0.25) is 0 Å². The van der Waals surface area contributed by atoms with Gasteiger partial charge in [-0.15, -0.1) is 12.4 Å². The van der Waals surface area contributed by atoms with E-state index in [-0.39, 0.29) is 24.0 Å². The lowest BCUT2D eigenvalue weighted by Crippen LogP contribution is -2.69. The molecule has 0 bridgehead atoms. The third-order valence-electron chi connectivity index (χ3n) is 7.49. The monoisotopic (exact) mass is 457 g/mol. The van der Waals surface area contributed by atoms with Gasteiger partial charge in [0.25, 0.3) is 5.91 Å². The number of aromatic hydroxyl groups is 1. The molecule has 1 aliphatic heterocycles. The molecule has 5 rings (SSSR count). The highest BCUT2D eigenvalue weighted by molar-refractivity contribution is 5.97. The fourth-order valence-electron chi connectivity index (χ4n) is 5.90. The van der Waals surface area contributed by atoms with Crippen LogP contribution in [0.1, 0.15) is 73.8 Å². The molecule has 0 unspecified atom stereocenters. The molecule has 7 heteroatoms. The minimum absolute atomic E-state index is 0. The molecule has 2 heterocycles. The summed E-state index contributed by atoms with van der Waals surface area (Å²) in [7, 11) is 0. The van der Waals surface area contributed by atoms with Crippen LogP contribution < -0.4 is 10.4 Å². The Morgan fingerprint density at radius 1 is 0.938 bits per heavy atom. The van der Waals surface area contributed by atoms with Gasteiger partial charge >= 0.3 is 0 Å². The molecule has 1 N–H and O–H groups in total. The van der Waals surface area contributed by atoms with Crippen molar-refractivity contribution >= 4 is 18.3 Å². The van der Waals surface area contributed by atoms with E-state index < -0.39 is 16.8 Å². The smallest absolute Gasteiger partial charge is 0.278 e. The summed E-state index contributed by atoms with van der Waals surface area (Å²) < 4.78 is 1.76. The second-order valence-corrected chi connectivity index (χ2v) is 9.37. The number of nitrogens with zero attached hydrogens (tertiary/aromatic N) is 3. The van der Waals surface area contributed by atoms with Gasteiger partial charge in [0.1, 0.15) is 5.66 Å². The molecule has 0 atom stereocenters. The zero-order valence-electron chi connectivity index (χ0n) is 18.4. The zero-order chi connectivity index (χ0) is 21.4. The van der Waals surface area contributed by atoms with Crippen LogP contribution in [-0.4, -0.2) is 32.8 Å². The van der Waals surface area contributed by atoms with Gasteiger partial charge in [-0.3, -0.25) is 19.3 Å². The molecule has 3 aliphatic rings. The van der Waals surface area contributed by atoms with E-state index in [2.05, 4.69) is 17.1 Å². The number of rotatable bonds is 4. The number of aromatic nitrogens is 1. The summed E-state index contributed by atoms with van der Waals surface area (Å²) in [5.41, 5.74) is 0.333. The third kappa shape index (κ3) is 3.79. The largest absolute Gasteiger partial charge is 0.502 e. The number of carbonyl (C=O) groups excluding carboxylic acids is 1. The molecule has 1 aromatic carbocycles. The van der Waals surface area contributed by atoms with Gasteiger partial charge in [0, 0.05) is 18.8 Å². The summed E-state index contributed by atoms with van der Waals surface area (Å²) in [5.74, 6) is -0.156. The van der Waals surface area contributed by atoms with Gasteiger partial charge in [-0.25, -0.2) is 0 Å². The molecular formula is C25H32ClN3O3. The molecule has 1 spiro atoms. The van der Waals surface area contributed by atoms with E-state index in [1.165, 1.54) is 25.3 Å². The maximum Gasteiger partial charge on any atom is 0.278 e. The zero-order valence-corrected chi connectivity index (χ0v) is 19.2. The number of carbonyl (C=O) groups is 1. The Balaban J connectivity index is 0.00000245. The van der Waals surface area contributed by atoms with Gasteiger partial charge < -0.3 is 10.0 Å². The van der Waals surface area contributed by atoms with Crippen LogP contribution in [0.4, 0.5) is 0 Å². The van der Waals surface area contributed by atoms with E-state index in [1.54, 1.807) is 10.9 Å². The highest BCUT2D eigenvalue weighted by Gasteiger charge is 2.52. The van der Waals surface area contributed by atoms with Gasteiger partial charge in [0.2, 0.25) is 5.43 Å². The number of pyridine rings is 1. The Kier molecular flexibility index (Phi) is 6.52. The van der Waals surface area contributed by atoms with Gasteiger partial charge in [0.05, 0.1) is 6.54 Å². The van der Waals surface area contributed by atoms with Crippen molar-refractivity contribution in [2.24, 2.45) is 5.92 Å². The number of halogens is 1. The van der Waals surface area contributed by atoms with Gasteiger partial charge in [-0.05, 0) is 50.0 Å². The molecule has 0 saturated heterocycles. The number of hydrogen-bond acceptors (Lipinski definition) is 4. The highest BCUT2D eigenvalue weighted by Crippen LogP contribution is 2.44. The third-order valence-corrected chi connectivity index (χ3v) is 7.49. The summed E-state index contributed by atoms with van der Waals surface area (Å²) >= 11 is 0. The summed E-state index contributed by atoms with van der Waals surface area (Å²) in [5, 5.41) is 12.9. The highest BCUT2D eigenvalue weighted by atomic mass is 35.5. The molecule has 32 heavy (non-hydrogen) atoms. The van der Waals surface area contributed by atoms with Crippen molar-refractivity contribution in [1.29, 1.82) is 0 Å². The van der Waals surface area contributed by atoms with Crippen molar-refractivity contribution in [2.45, 2.75) is 70.0 Å².